The number of pyridine rings is 1. The molecule has 6 nitrogen and oxygen atoms in total. The van der Waals surface area contributed by atoms with Crippen molar-refractivity contribution in [3.8, 4) is 23.3 Å². The van der Waals surface area contributed by atoms with E-state index in [0.29, 0.717) is 22.0 Å². The van der Waals surface area contributed by atoms with Crippen molar-refractivity contribution >= 4 is 17.3 Å². The lowest BCUT2D eigenvalue weighted by Crippen LogP contribution is -2.16. The van der Waals surface area contributed by atoms with Crippen molar-refractivity contribution in [2.45, 2.75) is 48.4 Å². The molecular formula is C25H21FN6S. The number of hydrogen-bond donors (Lipinski definition) is 0. The van der Waals surface area contributed by atoms with Gasteiger partial charge in [-0.3, -0.25) is 4.68 Å². The fraction of sp³-hybridized carbons (Fsp3) is 0.280. The van der Waals surface area contributed by atoms with Crippen LogP contribution in [0.15, 0.2) is 58.8 Å². The fourth-order valence-electron chi connectivity index (χ4n) is 4.39. The number of benzene rings is 1. The first kappa shape index (κ1) is 21.2. The minimum Gasteiger partial charge on any atom is -0.269 e. The van der Waals surface area contributed by atoms with Crippen LogP contribution in [0.1, 0.15) is 49.8 Å². The van der Waals surface area contributed by atoms with Crippen molar-refractivity contribution in [3.63, 3.8) is 0 Å². The van der Waals surface area contributed by atoms with Gasteiger partial charge in [-0.1, -0.05) is 18.7 Å². The second kappa shape index (κ2) is 8.73. The molecule has 0 N–H and O–H groups in total. The van der Waals surface area contributed by atoms with E-state index in [-0.39, 0.29) is 5.56 Å². The zero-order valence-electron chi connectivity index (χ0n) is 18.1. The molecule has 0 unspecified atom stereocenters. The van der Waals surface area contributed by atoms with Crippen LogP contribution >= 0.6 is 11.8 Å². The first-order valence-corrected chi connectivity index (χ1v) is 11.7. The summed E-state index contributed by atoms with van der Waals surface area (Å²) in [5, 5.41) is 28.0. The van der Waals surface area contributed by atoms with Crippen LogP contribution in [-0.4, -0.2) is 19.4 Å². The summed E-state index contributed by atoms with van der Waals surface area (Å²) in [6.45, 7) is 2.30. The van der Waals surface area contributed by atoms with Crippen LogP contribution in [0.5, 0.6) is 0 Å². The largest absolute Gasteiger partial charge is 0.269 e. The van der Waals surface area contributed by atoms with E-state index in [4.69, 9.17) is 0 Å². The highest BCUT2D eigenvalue weighted by Gasteiger charge is 2.21. The number of rotatable bonds is 4. The van der Waals surface area contributed by atoms with Gasteiger partial charge in [0.15, 0.2) is 0 Å². The summed E-state index contributed by atoms with van der Waals surface area (Å²) in [5.74, 6) is 0.318. The van der Waals surface area contributed by atoms with Crippen LogP contribution in [0.2, 0.25) is 0 Å². The number of hydrogen-bond acceptors (Lipinski definition) is 5. The fourth-order valence-corrected chi connectivity index (χ4v) is 5.47. The van der Waals surface area contributed by atoms with E-state index >= 15 is 0 Å². The molecule has 0 spiro atoms. The molecule has 3 aromatic heterocycles. The van der Waals surface area contributed by atoms with Gasteiger partial charge >= 0.3 is 0 Å². The molecular weight excluding hydrogens is 435 g/mol. The molecule has 1 aromatic carbocycles. The van der Waals surface area contributed by atoms with Crippen LogP contribution in [0.25, 0.3) is 16.6 Å². The Bertz CT molecular complexity index is 1420. The smallest absolute Gasteiger partial charge is 0.124 e. The van der Waals surface area contributed by atoms with E-state index in [1.54, 1.807) is 10.6 Å². The molecule has 1 fully saturated rings. The summed E-state index contributed by atoms with van der Waals surface area (Å²) in [6.07, 6.45) is 12.1. The highest BCUT2D eigenvalue weighted by molar-refractivity contribution is 7.99. The van der Waals surface area contributed by atoms with Gasteiger partial charge in [0.2, 0.25) is 0 Å². The number of aromatic nitrogens is 4. The molecule has 0 aliphatic heterocycles. The third kappa shape index (κ3) is 4.10. The van der Waals surface area contributed by atoms with Gasteiger partial charge in [-0.2, -0.15) is 20.7 Å². The lowest BCUT2D eigenvalue weighted by atomic mass is 9.87. The van der Waals surface area contributed by atoms with E-state index in [1.807, 2.05) is 18.5 Å². The van der Waals surface area contributed by atoms with Crippen molar-refractivity contribution in [3.05, 3.63) is 66.0 Å². The molecule has 5 rings (SSSR count). The summed E-state index contributed by atoms with van der Waals surface area (Å²) in [6, 6.07) is 10.8. The molecule has 1 aliphatic rings. The maximum atomic E-state index is 13.6. The van der Waals surface area contributed by atoms with Crippen molar-refractivity contribution in [2.24, 2.45) is 5.92 Å². The third-order valence-corrected chi connectivity index (χ3v) is 7.38. The van der Waals surface area contributed by atoms with Gasteiger partial charge in [-0.15, -0.1) is 0 Å². The van der Waals surface area contributed by atoms with Crippen LogP contribution in [-0.2, 0) is 0 Å². The number of fused-ring (bicyclic) bond motifs is 1. The van der Waals surface area contributed by atoms with Crippen LogP contribution in [0.3, 0.4) is 0 Å². The molecule has 0 radical (unpaired) electrons. The highest BCUT2D eigenvalue weighted by atomic mass is 32.2. The lowest BCUT2D eigenvalue weighted by Gasteiger charge is -2.26. The zero-order valence-corrected chi connectivity index (χ0v) is 18.9. The SMILES string of the molecule is CC1CCC(n2cc(-c3cc(Sc4ccc(F)cc4C#N)c4c(C#N)cnn4c3)cn2)CC1. The monoisotopic (exact) mass is 456 g/mol. The number of nitriles is 2. The third-order valence-electron chi connectivity index (χ3n) is 6.27. The standard InChI is InChI=1S/C25H21FN6S/c1-16-2-5-22(6-3-16)31-15-20(13-29-31)18-9-24(25-19(11-28)12-30-32(25)14-18)33-23-7-4-21(26)8-17(23)10-27/h4,7-9,12-16,22H,2-3,5-6H2,1H3. The van der Waals surface area contributed by atoms with E-state index < -0.39 is 5.82 Å². The van der Waals surface area contributed by atoms with E-state index in [0.717, 1.165) is 34.8 Å². The number of nitrogens with zero attached hydrogens (tertiary/aromatic N) is 6. The maximum absolute atomic E-state index is 13.6. The van der Waals surface area contributed by atoms with Crippen molar-refractivity contribution in [1.29, 1.82) is 10.5 Å². The Balaban J connectivity index is 1.56. The molecule has 4 aromatic rings. The Morgan fingerprint density at radius 1 is 0.939 bits per heavy atom. The average Bonchev–Trinajstić information content (AvgIpc) is 3.48. The van der Waals surface area contributed by atoms with E-state index in [1.165, 1.54) is 42.9 Å². The molecule has 8 heteroatoms. The average molecular weight is 457 g/mol. The van der Waals surface area contributed by atoms with Gasteiger partial charge in [0.1, 0.15) is 18.0 Å². The molecule has 0 bridgehead atoms. The Labute approximate surface area is 195 Å². The van der Waals surface area contributed by atoms with Gasteiger partial charge < -0.3 is 0 Å². The maximum Gasteiger partial charge on any atom is 0.124 e. The zero-order chi connectivity index (χ0) is 22.9. The molecule has 0 saturated heterocycles. The van der Waals surface area contributed by atoms with Crippen LogP contribution in [0.4, 0.5) is 4.39 Å². The van der Waals surface area contributed by atoms with Gasteiger partial charge in [0.25, 0.3) is 0 Å². The topological polar surface area (TPSA) is 82.7 Å². The molecule has 33 heavy (non-hydrogen) atoms. The molecule has 0 amide bonds. The summed E-state index contributed by atoms with van der Waals surface area (Å²) in [7, 11) is 0. The van der Waals surface area contributed by atoms with Gasteiger partial charge in [0, 0.05) is 33.3 Å². The molecule has 3 heterocycles. The summed E-state index contributed by atoms with van der Waals surface area (Å²) >= 11 is 1.33. The van der Waals surface area contributed by atoms with E-state index in [9.17, 15) is 14.9 Å². The Hall–Kier alpha value is -3.62. The molecule has 1 aliphatic carbocycles. The first-order valence-electron chi connectivity index (χ1n) is 10.9. The number of halogens is 1. The summed E-state index contributed by atoms with van der Waals surface area (Å²) in [5.41, 5.74) is 3.23. The molecule has 164 valence electrons. The molecule has 0 atom stereocenters. The summed E-state index contributed by atoms with van der Waals surface area (Å²) in [4.78, 5) is 1.39. The van der Waals surface area contributed by atoms with Crippen molar-refractivity contribution in [1.82, 2.24) is 19.4 Å². The Morgan fingerprint density at radius 2 is 1.73 bits per heavy atom. The highest BCUT2D eigenvalue weighted by Crippen LogP contribution is 2.38. The first-order chi connectivity index (χ1) is 16.1. The lowest BCUT2D eigenvalue weighted by molar-refractivity contribution is 0.274. The predicted octanol–water partition coefficient (Wildman–Crippen LogP) is 5.98. The van der Waals surface area contributed by atoms with Gasteiger partial charge in [-0.05, 0) is 55.9 Å². The van der Waals surface area contributed by atoms with Crippen LogP contribution in [0, 0.1) is 34.4 Å². The van der Waals surface area contributed by atoms with Crippen molar-refractivity contribution in [2.75, 3.05) is 0 Å². The predicted molar refractivity (Wildman–Crippen MR) is 123 cm³/mol. The van der Waals surface area contributed by atoms with Gasteiger partial charge in [0.05, 0.1) is 35.1 Å². The second-order valence-electron chi connectivity index (χ2n) is 8.53. The molecule has 1 saturated carbocycles. The minimum absolute atomic E-state index is 0.251. The van der Waals surface area contributed by atoms with Gasteiger partial charge in [-0.25, -0.2) is 8.91 Å². The minimum atomic E-state index is -0.457. The van der Waals surface area contributed by atoms with Crippen molar-refractivity contribution < 1.29 is 4.39 Å². The Kier molecular flexibility index (Phi) is 5.62. The quantitative estimate of drug-likeness (QED) is 0.377. The van der Waals surface area contributed by atoms with Crippen LogP contribution < -0.4 is 0 Å². The van der Waals surface area contributed by atoms with E-state index in [2.05, 4.69) is 40.1 Å². The second-order valence-corrected chi connectivity index (χ2v) is 9.62. The normalized spacial score (nSPS) is 18.2. The Morgan fingerprint density at radius 3 is 2.48 bits per heavy atom. The summed E-state index contributed by atoms with van der Waals surface area (Å²) < 4.78 is 17.4.